The van der Waals surface area contributed by atoms with E-state index in [9.17, 15) is 17.9 Å². The van der Waals surface area contributed by atoms with Crippen molar-refractivity contribution >= 4 is 21.4 Å². The summed E-state index contributed by atoms with van der Waals surface area (Å²) in [4.78, 5) is 3.73. The third-order valence-electron chi connectivity index (χ3n) is 2.86. The third kappa shape index (κ3) is 4.01. The first-order valence-corrected chi connectivity index (χ1v) is 8.67. The first kappa shape index (κ1) is 16.8. The standard InChI is InChI=1S/C13H15FN2O4S2/c1-20-11-3-2-9(14)6-12(11)22(18,19)16-10(8-17)7-13-15-4-5-21-13/h2-6,10,16-17H,7-8H2,1H3. The van der Waals surface area contributed by atoms with Crippen molar-refractivity contribution in [1.29, 1.82) is 0 Å². The van der Waals surface area contributed by atoms with E-state index in [4.69, 9.17) is 4.74 Å². The van der Waals surface area contributed by atoms with E-state index >= 15 is 0 Å². The number of aliphatic hydroxyl groups excluding tert-OH is 1. The van der Waals surface area contributed by atoms with Gasteiger partial charge < -0.3 is 9.84 Å². The Labute approximate surface area is 131 Å². The Balaban J connectivity index is 2.24. The van der Waals surface area contributed by atoms with Crippen LogP contribution in [0.25, 0.3) is 0 Å². The highest BCUT2D eigenvalue weighted by molar-refractivity contribution is 7.89. The molecule has 0 spiro atoms. The summed E-state index contributed by atoms with van der Waals surface area (Å²) >= 11 is 1.36. The van der Waals surface area contributed by atoms with E-state index in [1.165, 1.54) is 24.5 Å². The van der Waals surface area contributed by atoms with Gasteiger partial charge in [-0.15, -0.1) is 11.3 Å². The summed E-state index contributed by atoms with van der Waals surface area (Å²) in [6, 6.07) is 2.46. The van der Waals surface area contributed by atoms with Gasteiger partial charge in [0, 0.05) is 18.0 Å². The highest BCUT2D eigenvalue weighted by atomic mass is 32.2. The van der Waals surface area contributed by atoms with Crippen molar-refractivity contribution in [2.24, 2.45) is 0 Å². The Morgan fingerprint density at radius 2 is 2.27 bits per heavy atom. The van der Waals surface area contributed by atoms with Crippen LogP contribution in [0, 0.1) is 5.82 Å². The van der Waals surface area contributed by atoms with E-state index < -0.39 is 28.5 Å². The number of thiazole rings is 1. The third-order valence-corrected chi connectivity index (χ3v) is 5.21. The molecule has 120 valence electrons. The van der Waals surface area contributed by atoms with E-state index in [0.717, 1.165) is 12.1 Å². The zero-order valence-electron chi connectivity index (χ0n) is 11.7. The van der Waals surface area contributed by atoms with Crippen LogP contribution in [0.2, 0.25) is 0 Å². The quantitative estimate of drug-likeness (QED) is 0.786. The van der Waals surface area contributed by atoms with E-state index in [-0.39, 0.29) is 17.1 Å². The number of ether oxygens (including phenoxy) is 1. The monoisotopic (exact) mass is 346 g/mol. The summed E-state index contributed by atoms with van der Waals surface area (Å²) < 4.78 is 45.4. The van der Waals surface area contributed by atoms with Crippen LogP contribution in [-0.2, 0) is 16.4 Å². The minimum atomic E-state index is -4.04. The molecule has 9 heteroatoms. The molecular formula is C13H15FN2O4S2. The van der Waals surface area contributed by atoms with Gasteiger partial charge in [0.25, 0.3) is 0 Å². The van der Waals surface area contributed by atoms with Gasteiger partial charge in [0.1, 0.15) is 16.5 Å². The second-order valence-corrected chi connectivity index (χ2v) is 7.09. The van der Waals surface area contributed by atoms with Gasteiger partial charge >= 0.3 is 0 Å². The Morgan fingerprint density at radius 1 is 1.50 bits per heavy atom. The Morgan fingerprint density at radius 3 is 2.86 bits per heavy atom. The number of halogens is 1. The van der Waals surface area contributed by atoms with Gasteiger partial charge in [0.2, 0.25) is 10.0 Å². The molecule has 0 radical (unpaired) electrons. The largest absolute Gasteiger partial charge is 0.495 e. The van der Waals surface area contributed by atoms with Gasteiger partial charge in [-0.25, -0.2) is 22.5 Å². The molecule has 1 aromatic carbocycles. The van der Waals surface area contributed by atoms with Crippen molar-refractivity contribution in [3.63, 3.8) is 0 Å². The minimum Gasteiger partial charge on any atom is -0.495 e. The van der Waals surface area contributed by atoms with Crippen LogP contribution in [0.15, 0.2) is 34.7 Å². The van der Waals surface area contributed by atoms with Crippen molar-refractivity contribution in [2.45, 2.75) is 17.4 Å². The van der Waals surface area contributed by atoms with Crippen LogP contribution in [0.5, 0.6) is 5.75 Å². The normalized spacial score (nSPS) is 13.0. The first-order valence-electron chi connectivity index (χ1n) is 6.31. The molecule has 0 aliphatic heterocycles. The SMILES string of the molecule is COc1ccc(F)cc1S(=O)(=O)NC(CO)Cc1nccs1. The number of rotatable bonds is 7. The van der Waals surface area contributed by atoms with Gasteiger partial charge in [-0.05, 0) is 18.2 Å². The van der Waals surface area contributed by atoms with Crippen LogP contribution in [-0.4, -0.2) is 38.3 Å². The predicted molar refractivity (Wildman–Crippen MR) is 80.0 cm³/mol. The molecule has 6 nitrogen and oxygen atoms in total. The molecule has 0 aliphatic rings. The second-order valence-electron chi connectivity index (χ2n) is 4.43. The number of sulfonamides is 1. The molecule has 2 N–H and O–H groups in total. The van der Waals surface area contributed by atoms with Crippen LogP contribution >= 0.6 is 11.3 Å². The van der Waals surface area contributed by atoms with Gasteiger partial charge in [-0.3, -0.25) is 0 Å². The summed E-state index contributed by atoms with van der Waals surface area (Å²) in [6.07, 6.45) is 1.84. The van der Waals surface area contributed by atoms with Crippen molar-refractivity contribution in [2.75, 3.05) is 13.7 Å². The van der Waals surface area contributed by atoms with Crippen LogP contribution in [0.4, 0.5) is 4.39 Å². The van der Waals surface area contributed by atoms with E-state index in [1.807, 2.05) is 0 Å². The highest BCUT2D eigenvalue weighted by Crippen LogP contribution is 2.24. The number of benzene rings is 1. The highest BCUT2D eigenvalue weighted by Gasteiger charge is 2.24. The Hall–Kier alpha value is -1.55. The Kier molecular flexibility index (Phi) is 5.46. The topological polar surface area (TPSA) is 88.5 Å². The lowest BCUT2D eigenvalue weighted by Crippen LogP contribution is -2.39. The number of aromatic nitrogens is 1. The summed E-state index contributed by atoms with van der Waals surface area (Å²) in [5, 5.41) is 11.8. The smallest absolute Gasteiger partial charge is 0.244 e. The summed E-state index contributed by atoms with van der Waals surface area (Å²) in [6.45, 7) is -0.406. The molecule has 1 unspecified atom stereocenters. The number of nitrogens with one attached hydrogen (secondary N) is 1. The number of hydrogen-bond donors (Lipinski definition) is 2. The molecule has 2 aromatic rings. The molecule has 2 rings (SSSR count). The van der Waals surface area contributed by atoms with Gasteiger partial charge in [-0.1, -0.05) is 0 Å². The van der Waals surface area contributed by atoms with Crippen LogP contribution in [0.3, 0.4) is 0 Å². The molecule has 1 heterocycles. The number of nitrogens with zero attached hydrogens (tertiary/aromatic N) is 1. The number of hydrogen-bond acceptors (Lipinski definition) is 6. The molecule has 22 heavy (non-hydrogen) atoms. The zero-order valence-corrected chi connectivity index (χ0v) is 13.3. The fourth-order valence-electron chi connectivity index (χ4n) is 1.85. The minimum absolute atomic E-state index is 0.0276. The molecule has 0 saturated heterocycles. The molecule has 0 bridgehead atoms. The zero-order chi connectivity index (χ0) is 16.2. The van der Waals surface area contributed by atoms with Gasteiger partial charge in [0.15, 0.2) is 0 Å². The molecule has 0 amide bonds. The maximum Gasteiger partial charge on any atom is 0.244 e. The Bertz CT molecular complexity index is 720. The molecule has 0 aliphatic carbocycles. The maximum atomic E-state index is 13.3. The lowest BCUT2D eigenvalue weighted by molar-refractivity contribution is 0.256. The van der Waals surface area contributed by atoms with Crippen LogP contribution < -0.4 is 9.46 Å². The van der Waals surface area contributed by atoms with Crippen molar-refractivity contribution in [3.05, 3.63) is 40.6 Å². The molecule has 1 aromatic heterocycles. The lowest BCUT2D eigenvalue weighted by atomic mass is 10.2. The molecule has 1 atom stereocenters. The predicted octanol–water partition coefficient (Wildman–Crippen LogP) is 1.17. The molecule has 0 saturated carbocycles. The lowest BCUT2D eigenvalue weighted by Gasteiger charge is -2.16. The fourth-order valence-corrected chi connectivity index (χ4v) is 3.96. The van der Waals surface area contributed by atoms with Crippen LogP contribution in [0.1, 0.15) is 5.01 Å². The summed E-state index contributed by atoms with van der Waals surface area (Å²) in [5.74, 6) is -0.665. The fraction of sp³-hybridized carbons (Fsp3) is 0.308. The van der Waals surface area contributed by atoms with Crippen molar-refractivity contribution in [3.8, 4) is 5.75 Å². The summed E-state index contributed by atoms with van der Waals surface area (Å²) in [7, 11) is -2.74. The maximum absolute atomic E-state index is 13.3. The number of methoxy groups -OCH3 is 1. The van der Waals surface area contributed by atoms with E-state index in [1.54, 1.807) is 11.6 Å². The average molecular weight is 346 g/mol. The first-order chi connectivity index (χ1) is 10.5. The van der Waals surface area contributed by atoms with Crippen molar-refractivity contribution in [1.82, 2.24) is 9.71 Å². The number of aliphatic hydroxyl groups is 1. The average Bonchev–Trinajstić information content (AvgIpc) is 2.99. The summed E-state index contributed by atoms with van der Waals surface area (Å²) in [5.41, 5.74) is 0. The molecule has 0 fully saturated rings. The van der Waals surface area contributed by atoms with Gasteiger partial charge in [-0.2, -0.15) is 0 Å². The van der Waals surface area contributed by atoms with Gasteiger partial charge in [0.05, 0.1) is 24.8 Å². The van der Waals surface area contributed by atoms with E-state index in [2.05, 4.69) is 9.71 Å². The van der Waals surface area contributed by atoms with E-state index in [0.29, 0.717) is 5.01 Å². The van der Waals surface area contributed by atoms with Crippen molar-refractivity contribution < 1.29 is 22.7 Å². The molecular weight excluding hydrogens is 331 g/mol. The second kappa shape index (κ2) is 7.14.